The molecule has 0 aliphatic rings. The maximum absolute atomic E-state index is 11.0. The monoisotopic (exact) mass is 405 g/mol. The number of pyridine rings is 1. The molecule has 1 heterocycles. The lowest BCUT2D eigenvalue weighted by Gasteiger charge is -2.05. The number of benzene rings is 1. The molecule has 3 nitrogen and oxygen atoms in total. The molecule has 0 N–H and O–H groups in total. The summed E-state index contributed by atoms with van der Waals surface area (Å²) in [6.07, 6.45) is 9.53. The Morgan fingerprint density at radius 1 is 0.929 bits per heavy atom. The number of ketones is 1. The molecule has 0 fully saturated rings. The van der Waals surface area contributed by atoms with Gasteiger partial charge in [-0.1, -0.05) is 59.6 Å². The Morgan fingerprint density at radius 2 is 1.46 bits per heavy atom. The highest BCUT2D eigenvalue weighted by Gasteiger charge is 1.99. The van der Waals surface area contributed by atoms with Crippen LogP contribution in [-0.2, 0) is 11.2 Å². The van der Waals surface area contributed by atoms with Crippen LogP contribution in [0.5, 0.6) is 11.5 Å². The predicted molar refractivity (Wildman–Crippen MR) is 126 cm³/mol. The minimum Gasteiger partial charge on any atom is -0.457 e. The molecule has 28 heavy (non-hydrogen) atoms. The highest BCUT2D eigenvalue weighted by Crippen LogP contribution is 2.20. The van der Waals surface area contributed by atoms with Crippen LogP contribution in [0.25, 0.3) is 0 Å². The van der Waals surface area contributed by atoms with Gasteiger partial charge >= 0.3 is 0 Å². The molecule has 0 saturated heterocycles. The second-order valence-corrected chi connectivity index (χ2v) is 6.83. The van der Waals surface area contributed by atoms with Gasteiger partial charge < -0.3 is 4.74 Å². The number of hydrogen-bond acceptors (Lipinski definition) is 3. The minimum atomic E-state index is 0.160. The zero-order valence-electron chi connectivity index (χ0n) is 18.9. The fourth-order valence-electron chi connectivity index (χ4n) is 2.06. The number of rotatable bonds is 8. The van der Waals surface area contributed by atoms with Crippen molar-refractivity contribution < 1.29 is 9.53 Å². The Kier molecular flexibility index (Phi) is 21.9. The number of Topliss-reactive ketones (excluding diaryl/α,β-unsaturated/α-hetero) is 1. The standard InChI is InChI=1S/C14H13NO2.C6H15P.2C2H6/c1-11(16)10-12-2-4-13(5-3-12)17-14-6-8-15-9-7-14;1-3-4-5-6-7-2;2*1-2/h2-9H,10H2,1H3;7H,3-6H2,1-2H3;2*1-2H3. The van der Waals surface area contributed by atoms with Crippen LogP contribution in [-0.4, -0.2) is 23.6 Å². The van der Waals surface area contributed by atoms with Crippen molar-refractivity contribution in [1.29, 1.82) is 0 Å². The lowest BCUT2D eigenvalue weighted by molar-refractivity contribution is -0.116. The minimum absolute atomic E-state index is 0.160. The molecular formula is C24H40NO2P. The molecular weight excluding hydrogens is 365 g/mol. The first-order chi connectivity index (χ1) is 13.7. The molecule has 2 aromatic rings. The molecule has 0 aliphatic carbocycles. The summed E-state index contributed by atoms with van der Waals surface area (Å²) in [4.78, 5) is 14.9. The maximum Gasteiger partial charge on any atom is 0.134 e. The highest BCUT2D eigenvalue weighted by molar-refractivity contribution is 7.36. The number of hydrogen-bond donors (Lipinski definition) is 0. The van der Waals surface area contributed by atoms with Gasteiger partial charge in [0.1, 0.15) is 17.3 Å². The molecule has 1 atom stereocenters. The summed E-state index contributed by atoms with van der Waals surface area (Å²) in [7, 11) is 1.17. The van der Waals surface area contributed by atoms with E-state index in [1.54, 1.807) is 31.5 Å². The third kappa shape index (κ3) is 16.4. The van der Waals surface area contributed by atoms with Crippen molar-refractivity contribution in [1.82, 2.24) is 4.98 Å². The van der Waals surface area contributed by atoms with Gasteiger partial charge in [-0.15, -0.1) is 8.58 Å². The quantitative estimate of drug-likeness (QED) is 0.336. The van der Waals surface area contributed by atoms with Crippen LogP contribution in [0.2, 0.25) is 0 Å². The Morgan fingerprint density at radius 3 is 1.93 bits per heavy atom. The third-order valence-corrected chi connectivity index (χ3v) is 4.15. The van der Waals surface area contributed by atoms with Crippen molar-refractivity contribution in [2.75, 3.05) is 12.8 Å². The van der Waals surface area contributed by atoms with Crippen molar-refractivity contribution in [2.24, 2.45) is 0 Å². The van der Waals surface area contributed by atoms with Crippen LogP contribution in [0.15, 0.2) is 48.8 Å². The van der Waals surface area contributed by atoms with E-state index in [0.717, 1.165) is 17.1 Å². The number of carbonyl (C=O) groups is 1. The molecule has 0 bridgehead atoms. The van der Waals surface area contributed by atoms with Crippen LogP contribution in [0.3, 0.4) is 0 Å². The average molecular weight is 406 g/mol. The topological polar surface area (TPSA) is 39.2 Å². The lowest BCUT2D eigenvalue weighted by Crippen LogP contribution is -1.95. The number of carbonyl (C=O) groups excluding carboxylic acids is 1. The summed E-state index contributed by atoms with van der Waals surface area (Å²) in [6, 6.07) is 11.1. The molecule has 0 amide bonds. The summed E-state index contributed by atoms with van der Waals surface area (Å²) in [5, 5.41) is 0. The van der Waals surface area contributed by atoms with Gasteiger partial charge in [-0.25, -0.2) is 0 Å². The van der Waals surface area contributed by atoms with Crippen LogP contribution in [0.4, 0.5) is 0 Å². The van der Waals surface area contributed by atoms with Crippen LogP contribution < -0.4 is 4.74 Å². The average Bonchev–Trinajstić information content (AvgIpc) is 2.74. The molecule has 0 saturated carbocycles. The van der Waals surface area contributed by atoms with Crippen molar-refractivity contribution in [3.63, 3.8) is 0 Å². The van der Waals surface area contributed by atoms with E-state index in [1.807, 2.05) is 52.0 Å². The van der Waals surface area contributed by atoms with E-state index >= 15 is 0 Å². The summed E-state index contributed by atoms with van der Waals surface area (Å²) >= 11 is 0. The smallest absolute Gasteiger partial charge is 0.134 e. The van der Waals surface area contributed by atoms with E-state index < -0.39 is 0 Å². The molecule has 0 spiro atoms. The molecule has 0 radical (unpaired) electrons. The van der Waals surface area contributed by atoms with Gasteiger partial charge in [0, 0.05) is 18.8 Å². The Hall–Kier alpha value is -1.73. The van der Waals surface area contributed by atoms with Crippen molar-refractivity contribution >= 4 is 14.4 Å². The second-order valence-electron chi connectivity index (χ2n) is 5.62. The van der Waals surface area contributed by atoms with Gasteiger partial charge in [-0.05, 0) is 56.0 Å². The zero-order valence-corrected chi connectivity index (χ0v) is 19.9. The lowest BCUT2D eigenvalue weighted by atomic mass is 10.1. The number of unbranched alkanes of at least 4 members (excludes halogenated alkanes) is 2. The van der Waals surface area contributed by atoms with Gasteiger partial charge in [0.05, 0.1) is 0 Å². The molecule has 1 unspecified atom stereocenters. The summed E-state index contributed by atoms with van der Waals surface area (Å²) < 4.78 is 5.61. The summed E-state index contributed by atoms with van der Waals surface area (Å²) in [5.74, 6) is 1.66. The van der Waals surface area contributed by atoms with Crippen molar-refractivity contribution in [3.8, 4) is 11.5 Å². The van der Waals surface area contributed by atoms with E-state index in [9.17, 15) is 4.79 Å². The van der Waals surface area contributed by atoms with Gasteiger partial charge in [0.15, 0.2) is 0 Å². The van der Waals surface area contributed by atoms with Gasteiger partial charge in [0.25, 0.3) is 0 Å². The molecule has 158 valence electrons. The third-order valence-electron chi connectivity index (χ3n) is 3.29. The van der Waals surface area contributed by atoms with Crippen LogP contribution in [0.1, 0.15) is 66.4 Å². The molecule has 1 aromatic carbocycles. The molecule has 2 rings (SSSR count). The predicted octanol–water partition coefficient (Wildman–Crippen LogP) is 7.54. The van der Waals surface area contributed by atoms with Crippen molar-refractivity contribution in [2.45, 2.75) is 67.2 Å². The Bertz CT molecular complexity index is 567. The highest BCUT2D eigenvalue weighted by atomic mass is 31.1. The summed E-state index contributed by atoms with van der Waals surface area (Å²) in [5.41, 5.74) is 1.000. The van der Waals surface area contributed by atoms with E-state index in [-0.39, 0.29) is 5.78 Å². The van der Waals surface area contributed by atoms with E-state index in [4.69, 9.17) is 4.74 Å². The SMILES string of the molecule is CC.CC.CC(=O)Cc1ccc(Oc2ccncc2)cc1.CCCCCPC. The molecule has 1 aromatic heterocycles. The van der Waals surface area contributed by atoms with Crippen molar-refractivity contribution in [3.05, 3.63) is 54.4 Å². The van der Waals surface area contributed by atoms with Gasteiger partial charge in [-0.2, -0.15) is 0 Å². The largest absolute Gasteiger partial charge is 0.457 e. The first-order valence-corrected chi connectivity index (χ1v) is 12.2. The number of nitrogens with zero attached hydrogens (tertiary/aromatic N) is 1. The molecule has 0 aliphatic heterocycles. The van der Waals surface area contributed by atoms with E-state index in [1.165, 1.54) is 34.0 Å². The first kappa shape index (κ1) is 28.5. The zero-order chi connectivity index (χ0) is 21.6. The number of ether oxygens (including phenoxy) is 1. The summed E-state index contributed by atoms with van der Waals surface area (Å²) in [6.45, 7) is 14.1. The van der Waals surface area contributed by atoms with Crippen LogP contribution >= 0.6 is 8.58 Å². The fraction of sp³-hybridized carbons (Fsp3) is 0.500. The Labute approximate surface area is 175 Å². The van der Waals surface area contributed by atoms with Crippen LogP contribution in [0, 0.1) is 0 Å². The van der Waals surface area contributed by atoms with E-state index in [0.29, 0.717) is 6.42 Å². The Balaban J connectivity index is 0. The van der Waals surface area contributed by atoms with Gasteiger partial charge in [0.2, 0.25) is 0 Å². The van der Waals surface area contributed by atoms with Gasteiger partial charge in [-0.3, -0.25) is 9.78 Å². The normalized spacial score (nSPS) is 9.25. The maximum atomic E-state index is 11.0. The fourth-order valence-corrected chi connectivity index (χ4v) is 2.66. The number of aromatic nitrogens is 1. The first-order valence-electron chi connectivity index (χ1n) is 10.5. The van der Waals surface area contributed by atoms with E-state index in [2.05, 4.69) is 18.6 Å². The second kappa shape index (κ2) is 21.6. The molecule has 4 heteroatoms.